The van der Waals surface area contributed by atoms with Gasteiger partial charge in [0.05, 0.1) is 31.8 Å². The van der Waals surface area contributed by atoms with E-state index in [0.29, 0.717) is 25.7 Å². The molecule has 316 valence electrons. The van der Waals surface area contributed by atoms with Gasteiger partial charge in [-0.25, -0.2) is 4.79 Å². The third kappa shape index (κ3) is 17.0. The van der Waals surface area contributed by atoms with Gasteiger partial charge in [-0.15, -0.1) is 0 Å². The maximum atomic E-state index is 12.6. The molecule has 2 saturated heterocycles. The van der Waals surface area contributed by atoms with E-state index in [1.165, 1.54) is 0 Å². The van der Waals surface area contributed by atoms with E-state index in [9.17, 15) is 55.2 Å². The highest BCUT2D eigenvalue weighted by Gasteiger charge is 2.52. The third-order valence-electron chi connectivity index (χ3n) is 9.53. The van der Waals surface area contributed by atoms with Gasteiger partial charge in [-0.3, -0.25) is 9.59 Å². The lowest BCUT2D eigenvalue weighted by Gasteiger charge is -2.46. The summed E-state index contributed by atoms with van der Waals surface area (Å²) in [6, 6.07) is 0. The number of esters is 2. The molecule has 0 bridgehead atoms. The zero-order valence-corrected chi connectivity index (χ0v) is 31.4. The van der Waals surface area contributed by atoms with Crippen LogP contribution in [0, 0.1) is 0 Å². The maximum Gasteiger partial charge on any atom is 0.332 e. The van der Waals surface area contributed by atoms with E-state index in [0.717, 1.165) is 58.3 Å². The van der Waals surface area contributed by atoms with Gasteiger partial charge < -0.3 is 74.4 Å². The Kier molecular flexibility index (Phi) is 23.1. The molecule has 0 aromatic heterocycles. The monoisotopic (exact) mass is 784 g/mol. The van der Waals surface area contributed by atoms with Crippen LogP contribution in [0.3, 0.4) is 0 Å². The molecule has 9 N–H and O–H groups in total. The van der Waals surface area contributed by atoms with Crippen LogP contribution in [0.2, 0.25) is 0 Å². The highest BCUT2D eigenvalue weighted by atomic mass is 16.8. The van der Waals surface area contributed by atoms with E-state index in [1.807, 2.05) is 6.92 Å². The molecule has 0 aliphatic carbocycles. The molecule has 13 atom stereocenters. The van der Waals surface area contributed by atoms with Crippen molar-refractivity contribution in [2.24, 2.45) is 0 Å². The summed E-state index contributed by atoms with van der Waals surface area (Å²) >= 11 is 0. The standard InChI is InChI=1S/C36H64O18/c1-3-13-23(40)18-27(42)53-33-29(44)28(43)25(19-37)51-36(33)54-32-26(20-50-21(2)38)52-35(31(46)30(32)45)49-17-16-22(39)14-11-9-7-5-4-6-8-10-12-15-24(41)34(47)48/h22-26,28-33,35-37,39-41,43-46H,3-20H2,1-2H3,(H,47,48). The van der Waals surface area contributed by atoms with Crippen molar-refractivity contribution in [2.75, 3.05) is 19.8 Å². The van der Waals surface area contributed by atoms with Crippen molar-refractivity contribution in [1.82, 2.24) is 0 Å². The van der Waals surface area contributed by atoms with Gasteiger partial charge in [0.1, 0.15) is 49.3 Å². The lowest BCUT2D eigenvalue weighted by Crippen LogP contribution is -2.65. The number of carboxylic acids is 1. The average Bonchev–Trinajstić information content (AvgIpc) is 3.12. The molecule has 0 aromatic rings. The molecule has 18 nitrogen and oxygen atoms in total. The molecular formula is C36H64O18. The molecule has 0 spiro atoms. The molecule has 18 heteroatoms. The summed E-state index contributed by atoms with van der Waals surface area (Å²) in [4.78, 5) is 34.9. The topological polar surface area (TPSA) is 289 Å². The van der Waals surface area contributed by atoms with E-state index >= 15 is 0 Å². The van der Waals surface area contributed by atoms with Crippen molar-refractivity contribution in [1.29, 1.82) is 0 Å². The quantitative estimate of drug-likeness (QED) is 0.0385. The van der Waals surface area contributed by atoms with Crippen molar-refractivity contribution < 1.29 is 88.8 Å². The van der Waals surface area contributed by atoms with Crippen LogP contribution >= 0.6 is 0 Å². The minimum absolute atomic E-state index is 0.0547. The number of carboxylic acid groups (broad SMARTS) is 1. The van der Waals surface area contributed by atoms with Crippen LogP contribution < -0.4 is 0 Å². The Morgan fingerprint density at radius 2 is 1.26 bits per heavy atom. The Morgan fingerprint density at radius 1 is 0.685 bits per heavy atom. The van der Waals surface area contributed by atoms with Crippen LogP contribution in [0.5, 0.6) is 0 Å². The Hall–Kier alpha value is -2.07. The van der Waals surface area contributed by atoms with Crippen LogP contribution in [0.1, 0.15) is 110 Å². The summed E-state index contributed by atoms with van der Waals surface area (Å²) in [5.41, 5.74) is 0. The van der Waals surface area contributed by atoms with E-state index in [2.05, 4.69) is 0 Å². The fraction of sp³-hybridized carbons (Fsp3) is 0.917. The average molecular weight is 785 g/mol. The summed E-state index contributed by atoms with van der Waals surface area (Å²) in [6.45, 7) is 1.63. The van der Waals surface area contributed by atoms with Gasteiger partial charge in [0.25, 0.3) is 0 Å². The molecular weight excluding hydrogens is 720 g/mol. The molecule has 13 unspecified atom stereocenters. The normalized spacial score (nSPS) is 30.3. The third-order valence-corrected chi connectivity index (χ3v) is 9.53. The molecule has 2 rings (SSSR count). The second-order valence-corrected chi connectivity index (χ2v) is 14.2. The minimum Gasteiger partial charge on any atom is -0.479 e. The molecule has 0 saturated carbocycles. The summed E-state index contributed by atoms with van der Waals surface area (Å²) in [7, 11) is 0. The summed E-state index contributed by atoms with van der Waals surface area (Å²) < 4.78 is 33.4. The molecule has 54 heavy (non-hydrogen) atoms. The molecule has 0 radical (unpaired) electrons. The number of aliphatic hydroxyl groups is 8. The molecule has 2 heterocycles. The van der Waals surface area contributed by atoms with Crippen molar-refractivity contribution in [3.8, 4) is 0 Å². The molecule has 2 aliphatic rings. The largest absolute Gasteiger partial charge is 0.479 e. The predicted molar refractivity (Wildman–Crippen MR) is 186 cm³/mol. The number of carbonyl (C=O) groups excluding carboxylic acids is 2. The highest BCUT2D eigenvalue weighted by molar-refractivity contribution is 5.71. The lowest BCUT2D eigenvalue weighted by molar-refractivity contribution is -0.360. The smallest absolute Gasteiger partial charge is 0.332 e. The number of ether oxygens (including phenoxy) is 6. The number of hydrogen-bond acceptors (Lipinski definition) is 17. The first kappa shape index (κ1) is 48.1. The molecule has 0 aromatic carbocycles. The Morgan fingerprint density at radius 3 is 1.83 bits per heavy atom. The SMILES string of the molecule is CCCC(O)CC(=O)OC1C(OC2C(COC(C)=O)OC(OCCC(O)CCCCCCCCCCCC(O)C(=O)O)C(O)C2O)OC(CO)C(O)C1O. The van der Waals surface area contributed by atoms with Gasteiger partial charge in [-0.1, -0.05) is 71.1 Å². The van der Waals surface area contributed by atoms with Crippen LogP contribution in [0.4, 0.5) is 0 Å². The van der Waals surface area contributed by atoms with Crippen molar-refractivity contribution in [3.63, 3.8) is 0 Å². The molecule has 0 amide bonds. The number of carbonyl (C=O) groups is 3. The minimum atomic E-state index is -1.83. The van der Waals surface area contributed by atoms with Crippen LogP contribution in [-0.4, -0.2) is 163 Å². The number of hydrogen-bond donors (Lipinski definition) is 9. The first-order chi connectivity index (χ1) is 25.7. The fourth-order valence-electron chi connectivity index (χ4n) is 6.36. The second-order valence-electron chi connectivity index (χ2n) is 14.2. The first-order valence-electron chi connectivity index (χ1n) is 19.2. The Labute approximate surface area is 316 Å². The Bertz CT molecular complexity index is 1060. The highest BCUT2D eigenvalue weighted by Crippen LogP contribution is 2.31. The molecule has 2 fully saturated rings. The van der Waals surface area contributed by atoms with Gasteiger partial charge >= 0.3 is 17.9 Å². The second kappa shape index (κ2) is 26.0. The maximum absolute atomic E-state index is 12.6. The van der Waals surface area contributed by atoms with Crippen molar-refractivity contribution >= 4 is 17.9 Å². The van der Waals surface area contributed by atoms with Crippen LogP contribution in [-0.2, 0) is 42.8 Å². The zero-order valence-electron chi connectivity index (χ0n) is 31.4. The lowest BCUT2D eigenvalue weighted by atomic mass is 9.96. The number of aliphatic carboxylic acids is 1. The van der Waals surface area contributed by atoms with E-state index < -0.39 is 117 Å². The number of aliphatic hydroxyl groups excluding tert-OH is 8. The van der Waals surface area contributed by atoms with Gasteiger partial charge in [-0.2, -0.15) is 0 Å². The van der Waals surface area contributed by atoms with E-state index in [1.54, 1.807) is 0 Å². The number of rotatable bonds is 27. The number of unbranched alkanes of at least 4 members (excludes halogenated alkanes) is 8. The van der Waals surface area contributed by atoms with Gasteiger partial charge in [0.15, 0.2) is 24.8 Å². The molecule has 2 aliphatic heterocycles. The van der Waals surface area contributed by atoms with Gasteiger partial charge in [0, 0.05) is 6.92 Å². The van der Waals surface area contributed by atoms with Gasteiger partial charge in [0.2, 0.25) is 0 Å². The van der Waals surface area contributed by atoms with E-state index in [4.69, 9.17) is 33.5 Å². The van der Waals surface area contributed by atoms with Crippen LogP contribution in [0.15, 0.2) is 0 Å². The van der Waals surface area contributed by atoms with E-state index in [-0.39, 0.29) is 19.4 Å². The predicted octanol–water partition coefficient (Wildman–Crippen LogP) is -0.212. The van der Waals surface area contributed by atoms with Crippen molar-refractivity contribution in [3.05, 3.63) is 0 Å². The fourth-order valence-corrected chi connectivity index (χ4v) is 6.36. The summed E-state index contributed by atoms with van der Waals surface area (Å²) in [5.74, 6) is -2.83. The zero-order chi connectivity index (χ0) is 40.2. The van der Waals surface area contributed by atoms with Crippen LogP contribution in [0.25, 0.3) is 0 Å². The van der Waals surface area contributed by atoms with Crippen molar-refractivity contribution in [2.45, 2.75) is 190 Å². The summed E-state index contributed by atoms with van der Waals surface area (Å²) in [6.07, 6.45) is -9.32. The van der Waals surface area contributed by atoms with Gasteiger partial charge in [-0.05, 0) is 25.7 Å². The first-order valence-corrected chi connectivity index (χ1v) is 19.2. The summed E-state index contributed by atoms with van der Waals surface area (Å²) in [5, 5.41) is 91.6. The Balaban J connectivity index is 1.88.